The smallest absolute Gasteiger partial charge is 0.239 e. The summed E-state index contributed by atoms with van der Waals surface area (Å²) < 4.78 is 0. The number of carbonyl (C=O) groups is 2. The van der Waals surface area contributed by atoms with Crippen LogP contribution in [0, 0.1) is 11.8 Å². The molecule has 0 spiro atoms. The molecule has 2 amide bonds. The molecule has 2 bridgehead atoms. The summed E-state index contributed by atoms with van der Waals surface area (Å²) in [6, 6.07) is 21.5. The van der Waals surface area contributed by atoms with Gasteiger partial charge in [0.25, 0.3) is 0 Å². The van der Waals surface area contributed by atoms with Gasteiger partial charge in [0, 0.05) is 16.4 Å². The van der Waals surface area contributed by atoms with Gasteiger partial charge < -0.3 is 0 Å². The summed E-state index contributed by atoms with van der Waals surface area (Å²) in [7, 11) is 0. The van der Waals surface area contributed by atoms with Crippen molar-refractivity contribution in [2.75, 3.05) is 4.90 Å². The van der Waals surface area contributed by atoms with E-state index in [-0.39, 0.29) is 17.7 Å². The topological polar surface area (TPSA) is 37.4 Å². The van der Waals surface area contributed by atoms with Gasteiger partial charge in [-0.15, -0.1) is 0 Å². The third-order valence-electron chi connectivity index (χ3n) is 7.50. The molecule has 154 valence electrons. The Bertz CT molecular complexity index is 1240. The predicted molar refractivity (Wildman–Crippen MR) is 122 cm³/mol. The van der Waals surface area contributed by atoms with Gasteiger partial charge in [-0.3, -0.25) is 9.59 Å². The molecule has 0 aromatic heterocycles. The van der Waals surface area contributed by atoms with E-state index >= 15 is 0 Å². The van der Waals surface area contributed by atoms with E-state index in [9.17, 15) is 9.59 Å². The Hall–Kier alpha value is -2.62. The molecule has 4 aliphatic rings. The van der Waals surface area contributed by atoms with Crippen LogP contribution in [0.5, 0.6) is 0 Å². The minimum atomic E-state index is -0.535. The molecule has 2 atom stereocenters. The van der Waals surface area contributed by atoms with Gasteiger partial charge in [-0.25, -0.2) is 4.90 Å². The number of hydrogen-bond donors (Lipinski definition) is 0. The summed E-state index contributed by atoms with van der Waals surface area (Å²) in [5, 5.41) is 0.774. The van der Waals surface area contributed by atoms with Crippen LogP contribution in [0.15, 0.2) is 66.7 Å². The van der Waals surface area contributed by atoms with Crippen LogP contribution < -0.4 is 4.90 Å². The van der Waals surface area contributed by atoms with Gasteiger partial charge in [0.1, 0.15) is 0 Å². The second kappa shape index (κ2) is 6.44. The van der Waals surface area contributed by atoms with Crippen LogP contribution in [-0.4, -0.2) is 11.8 Å². The molecule has 1 fully saturated rings. The van der Waals surface area contributed by atoms with Crippen molar-refractivity contribution >= 4 is 40.7 Å². The van der Waals surface area contributed by atoms with Gasteiger partial charge in [-0.05, 0) is 46.9 Å². The number of nitrogens with zero attached hydrogens (tertiary/aromatic N) is 1. The molecule has 0 saturated carbocycles. The summed E-state index contributed by atoms with van der Waals surface area (Å²) in [5.74, 6) is -1.38. The zero-order valence-electron chi connectivity index (χ0n) is 16.8. The van der Waals surface area contributed by atoms with E-state index in [2.05, 4.69) is 31.2 Å². The molecular formula is C26H19Cl2NO2. The van der Waals surface area contributed by atoms with Crippen molar-refractivity contribution in [1.82, 2.24) is 0 Å². The SMILES string of the molecule is CCC12c3ccccc3C(c3ccccc31)[C@H]1C(=O)N(c3ccc(Cl)cc3Cl)C(=O)[C@@H]12. The van der Waals surface area contributed by atoms with Gasteiger partial charge in [0.05, 0.1) is 22.5 Å². The number of hydrogen-bond acceptors (Lipinski definition) is 2. The minimum absolute atomic E-state index is 0.140. The van der Waals surface area contributed by atoms with Crippen molar-refractivity contribution in [3.63, 3.8) is 0 Å². The van der Waals surface area contributed by atoms with Gasteiger partial charge in [0.2, 0.25) is 11.8 Å². The average molecular weight is 448 g/mol. The highest BCUT2D eigenvalue weighted by Gasteiger charge is 2.67. The van der Waals surface area contributed by atoms with Crippen LogP contribution in [0.1, 0.15) is 41.5 Å². The van der Waals surface area contributed by atoms with Crippen molar-refractivity contribution in [2.45, 2.75) is 24.7 Å². The Morgan fingerprint density at radius 2 is 1.48 bits per heavy atom. The number of imide groups is 1. The molecular weight excluding hydrogens is 429 g/mol. The molecule has 1 aliphatic heterocycles. The maximum atomic E-state index is 14.0. The van der Waals surface area contributed by atoms with E-state index in [0.717, 1.165) is 17.5 Å². The fraction of sp³-hybridized carbons (Fsp3) is 0.231. The molecule has 0 unspecified atom stereocenters. The first kappa shape index (κ1) is 19.1. The molecule has 3 nitrogen and oxygen atoms in total. The van der Waals surface area contributed by atoms with Crippen molar-refractivity contribution in [2.24, 2.45) is 11.8 Å². The van der Waals surface area contributed by atoms with Crippen LogP contribution in [0.4, 0.5) is 5.69 Å². The third-order valence-corrected chi connectivity index (χ3v) is 8.04. The van der Waals surface area contributed by atoms with Gasteiger partial charge in [-0.1, -0.05) is 78.7 Å². The molecule has 0 N–H and O–H groups in total. The predicted octanol–water partition coefficient (Wildman–Crippen LogP) is 5.95. The molecule has 3 aliphatic carbocycles. The highest BCUT2D eigenvalue weighted by Crippen LogP contribution is 2.65. The molecule has 3 aromatic rings. The molecule has 3 aromatic carbocycles. The monoisotopic (exact) mass is 447 g/mol. The number of carbonyl (C=O) groups excluding carboxylic acids is 2. The Morgan fingerprint density at radius 3 is 2.06 bits per heavy atom. The zero-order chi connectivity index (χ0) is 21.5. The molecule has 31 heavy (non-hydrogen) atoms. The maximum absolute atomic E-state index is 14.0. The quantitative estimate of drug-likeness (QED) is 0.454. The fourth-order valence-corrected chi connectivity index (χ4v) is 6.92. The number of amides is 2. The first-order valence-electron chi connectivity index (χ1n) is 10.5. The van der Waals surface area contributed by atoms with Crippen LogP contribution >= 0.6 is 23.2 Å². The Morgan fingerprint density at radius 1 is 0.871 bits per heavy atom. The van der Waals surface area contributed by atoms with E-state index in [4.69, 9.17) is 23.2 Å². The van der Waals surface area contributed by atoms with Gasteiger partial charge in [0.15, 0.2) is 0 Å². The lowest BCUT2D eigenvalue weighted by Gasteiger charge is -2.54. The standard InChI is InChI=1S/C26H19Cl2NO2/c1-2-26-17-9-5-3-7-15(17)21(16-8-4-6-10-18(16)26)22-23(26)25(31)29(24(22)30)20-12-11-14(27)13-19(20)28/h3-13,21-23H,2H2,1H3/t21?,22-,23-,26?/m1/s1. The molecule has 1 heterocycles. The number of rotatable bonds is 2. The normalized spacial score (nSPS) is 27.8. The number of halogens is 2. The average Bonchev–Trinajstić information content (AvgIpc) is 3.05. The maximum Gasteiger partial charge on any atom is 0.239 e. The fourth-order valence-electron chi connectivity index (χ4n) is 6.43. The van der Waals surface area contributed by atoms with Crippen molar-refractivity contribution in [1.29, 1.82) is 0 Å². The first-order chi connectivity index (χ1) is 15.0. The highest BCUT2D eigenvalue weighted by atomic mass is 35.5. The van der Waals surface area contributed by atoms with E-state index < -0.39 is 17.3 Å². The summed E-state index contributed by atoms with van der Waals surface area (Å²) in [5.41, 5.74) is 4.55. The van der Waals surface area contributed by atoms with Crippen molar-refractivity contribution in [3.05, 3.63) is 99.0 Å². The second-order valence-corrected chi connectivity index (χ2v) is 9.43. The number of benzene rings is 3. The van der Waals surface area contributed by atoms with E-state index in [1.165, 1.54) is 16.0 Å². The Labute approximate surface area is 190 Å². The van der Waals surface area contributed by atoms with Crippen LogP contribution in [0.2, 0.25) is 10.0 Å². The minimum Gasteiger partial charge on any atom is -0.274 e. The Kier molecular flexibility index (Phi) is 3.97. The second-order valence-electron chi connectivity index (χ2n) is 8.59. The van der Waals surface area contributed by atoms with Crippen LogP contribution in [0.3, 0.4) is 0 Å². The summed E-state index contributed by atoms with van der Waals surface area (Å²) >= 11 is 12.5. The van der Waals surface area contributed by atoms with Gasteiger partial charge in [-0.2, -0.15) is 0 Å². The van der Waals surface area contributed by atoms with E-state index in [1.54, 1.807) is 18.2 Å². The summed E-state index contributed by atoms with van der Waals surface area (Å²) in [6.07, 6.45) is 0.732. The first-order valence-corrected chi connectivity index (χ1v) is 11.3. The highest BCUT2D eigenvalue weighted by molar-refractivity contribution is 6.38. The molecule has 0 radical (unpaired) electrons. The van der Waals surface area contributed by atoms with Crippen molar-refractivity contribution < 1.29 is 9.59 Å². The lowest BCUT2D eigenvalue weighted by Crippen LogP contribution is -2.53. The summed E-state index contributed by atoms with van der Waals surface area (Å²) in [4.78, 5) is 29.2. The Balaban J connectivity index is 1.64. The van der Waals surface area contributed by atoms with Crippen molar-refractivity contribution in [3.8, 4) is 0 Å². The molecule has 7 rings (SSSR count). The largest absolute Gasteiger partial charge is 0.274 e. The van der Waals surface area contributed by atoms with Crippen LogP contribution in [-0.2, 0) is 15.0 Å². The lowest BCUT2D eigenvalue weighted by molar-refractivity contribution is -0.123. The lowest BCUT2D eigenvalue weighted by atomic mass is 9.46. The van der Waals surface area contributed by atoms with Crippen LogP contribution in [0.25, 0.3) is 0 Å². The third kappa shape index (κ3) is 2.21. The van der Waals surface area contributed by atoms with E-state index in [1.807, 2.05) is 24.3 Å². The molecule has 1 saturated heterocycles. The zero-order valence-corrected chi connectivity index (χ0v) is 18.3. The summed E-state index contributed by atoms with van der Waals surface area (Å²) in [6.45, 7) is 2.12. The van der Waals surface area contributed by atoms with Gasteiger partial charge >= 0.3 is 0 Å². The number of anilines is 1. The molecule has 5 heteroatoms. The van der Waals surface area contributed by atoms with E-state index in [0.29, 0.717) is 15.7 Å².